The minimum atomic E-state index is -0.785. The zero-order valence-corrected chi connectivity index (χ0v) is 9.89. The highest BCUT2D eigenvalue weighted by Gasteiger charge is 2.51. The first kappa shape index (κ1) is 12.2. The molecule has 2 rings (SSSR count). The number of carbonyl (C=O) groups excluding carboxylic acids is 1. The van der Waals surface area contributed by atoms with Crippen LogP contribution in [0.2, 0.25) is 0 Å². The van der Waals surface area contributed by atoms with Gasteiger partial charge >= 0.3 is 12.0 Å². The van der Waals surface area contributed by atoms with Gasteiger partial charge in [0, 0.05) is 25.7 Å². The Morgan fingerprint density at radius 1 is 1.47 bits per heavy atom. The van der Waals surface area contributed by atoms with Crippen LogP contribution in [0.15, 0.2) is 0 Å². The van der Waals surface area contributed by atoms with Crippen molar-refractivity contribution in [3.63, 3.8) is 0 Å². The van der Waals surface area contributed by atoms with Gasteiger partial charge in [-0.3, -0.25) is 4.79 Å². The minimum Gasteiger partial charge on any atom is -0.481 e. The zero-order valence-electron chi connectivity index (χ0n) is 9.89. The summed E-state index contributed by atoms with van der Waals surface area (Å²) in [5.41, 5.74) is 0. The molecule has 3 atom stereocenters. The largest absolute Gasteiger partial charge is 0.481 e. The number of fused-ring (bicyclic) bond motifs is 2. The Kier molecular flexibility index (Phi) is 3.51. The number of ether oxygens (including phenoxy) is 1. The van der Waals surface area contributed by atoms with Crippen molar-refractivity contribution in [1.82, 2.24) is 10.2 Å². The predicted molar refractivity (Wildman–Crippen MR) is 59.7 cm³/mol. The van der Waals surface area contributed by atoms with Gasteiger partial charge in [-0.15, -0.1) is 0 Å². The van der Waals surface area contributed by atoms with E-state index < -0.39 is 5.97 Å². The van der Waals surface area contributed by atoms with E-state index in [1.165, 1.54) is 0 Å². The van der Waals surface area contributed by atoms with Gasteiger partial charge in [0.1, 0.15) is 0 Å². The van der Waals surface area contributed by atoms with Crippen molar-refractivity contribution in [3.8, 4) is 0 Å². The first-order chi connectivity index (χ1) is 8.15. The third-order valence-corrected chi connectivity index (χ3v) is 3.67. The predicted octanol–water partition coefficient (Wildman–Crippen LogP) is 0.280. The van der Waals surface area contributed by atoms with Crippen molar-refractivity contribution in [2.45, 2.75) is 31.3 Å². The fourth-order valence-electron chi connectivity index (χ4n) is 2.92. The Morgan fingerprint density at radius 3 is 2.82 bits per heavy atom. The number of carboxylic acid groups (broad SMARTS) is 1. The second-order valence-electron chi connectivity index (χ2n) is 4.61. The molecule has 0 aromatic carbocycles. The number of carboxylic acids is 1. The Hall–Kier alpha value is -1.30. The van der Waals surface area contributed by atoms with Crippen molar-refractivity contribution in [3.05, 3.63) is 0 Å². The highest BCUT2D eigenvalue weighted by molar-refractivity contribution is 5.79. The maximum atomic E-state index is 11.9. The third kappa shape index (κ3) is 2.22. The van der Waals surface area contributed by atoms with Crippen molar-refractivity contribution >= 4 is 12.0 Å². The van der Waals surface area contributed by atoms with Crippen LogP contribution in [-0.4, -0.2) is 54.4 Å². The molecule has 96 valence electrons. The van der Waals surface area contributed by atoms with Crippen LogP contribution in [0, 0.1) is 5.92 Å². The van der Waals surface area contributed by atoms with Gasteiger partial charge in [0.15, 0.2) is 0 Å². The number of amides is 2. The lowest BCUT2D eigenvalue weighted by molar-refractivity contribution is -0.142. The number of nitrogens with one attached hydrogen (secondary N) is 1. The average molecular weight is 242 g/mol. The molecule has 17 heavy (non-hydrogen) atoms. The molecule has 2 saturated heterocycles. The molecule has 2 bridgehead atoms. The molecule has 6 heteroatoms. The van der Waals surface area contributed by atoms with Crippen molar-refractivity contribution in [1.29, 1.82) is 0 Å². The summed E-state index contributed by atoms with van der Waals surface area (Å²) in [6.07, 6.45) is 2.32. The SMILES string of the molecule is COCCNC(=O)N1C2CCC1C(C(=O)O)C2. The maximum Gasteiger partial charge on any atom is 0.318 e. The molecule has 0 radical (unpaired) electrons. The van der Waals surface area contributed by atoms with Gasteiger partial charge in [-0.2, -0.15) is 0 Å². The summed E-state index contributed by atoms with van der Waals surface area (Å²) in [7, 11) is 1.58. The lowest BCUT2D eigenvalue weighted by atomic mass is 9.89. The molecule has 0 aliphatic carbocycles. The van der Waals surface area contributed by atoms with Crippen LogP contribution < -0.4 is 5.32 Å². The number of hydrogen-bond donors (Lipinski definition) is 2. The van der Waals surface area contributed by atoms with E-state index in [-0.39, 0.29) is 24.0 Å². The summed E-state index contributed by atoms with van der Waals surface area (Å²) in [6.45, 7) is 0.931. The summed E-state index contributed by atoms with van der Waals surface area (Å²) < 4.78 is 4.86. The van der Waals surface area contributed by atoms with Gasteiger partial charge in [0.05, 0.1) is 12.5 Å². The van der Waals surface area contributed by atoms with E-state index >= 15 is 0 Å². The molecule has 2 amide bonds. The molecule has 0 spiro atoms. The van der Waals surface area contributed by atoms with E-state index in [0.717, 1.165) is 12.8 Å². The molecule has 2 heterocycles. The minimum absolute atomic E-state index is 0.101. The monoisotopic (exact) mass is 242 g/mol. The quantitative estimate of drug-likeness (QED) is 0.694. The normalized spacial score (nSPS) is 30.6. The Morgan fingerprint density at radius 2 is 2.24 bits per heavy atom. The molecule has 0 saturated carbocycles. The summed E-state index contributed by atoms with van der Waals surface area (Å²) in [5, 5.41) is 11.8. The Bertz CT molecular complexity index is 321. The first-order valence-electron chi connectivity index (χ1n) is 5.93. The number of carbonyl (C=O) groups is 2. The summed E-state index contributed by atoms with van der Waals surface area (Å²) >= 11 is 0. The fourth-order valence-corrected chi connectivity index (χ4v) is 2.92. The highest BCUT2D eigenvalue weighted by atomic mass is 16.5. The molecule has 2 aliphatic rings. The van der Waals surface area contributed by atoms with E-state index in [9.17, 15) is 9.59 Å². The lowest BCUT2D eigenvalue weighted by Crippen LogP contribution is -2.45. The van der Waals surface area contributed by atoms with E-state index in [4.69, 9.17) is 9.84 Å². The number of urea groups is 1. The van der Waals surface area contributed by atoms with Crippen LogP contribution in [0.3, 0.4) is 0 Å². The van der Waals surface area contributed by atoms with Crippen LogP contribution in [-0.2, 0) is 9.53 Å². The van der Waals surface area contributed by atoms with Crippen LogP contribution in [0.25, 0.3) is 0 Å². The van der Waals surface area contributed by atoms with Gasteiger partial charge in [0.2, 0.25) is 0 Å². The van der Waals surface area contributed by atoms with Crippen molar-refractivity contribution < 1.29 is 19.4 Å². The van der Waals surface area contributed by atoms with Crippen molar-refractivity contribution in [2.24, 2.45) is 5.92 Å². The van der Waals surface area contributed by atoms with E-state index in [1.807, 2.05) is 0 Å². The van der Waals surface area contributed by atoms with Crippen LogP contribution in [0.5, 0.6) is 0 Å². The van der Waals surface area contributed by atoms with Crippen molar-refractivity contribution in [2.75, 3.05) is 20.3 Å². The topological polar surface area (TPSA) is 78.9 Å². The van der Waals surface area contributed by atoms with Gasteiger partial charge in [-0.25, -0.2) is 4.79 Å². The summed E-state index contributed by atoms with van der Waals surface area (Å²) in [5.74, 6) is -1.17. The molecule has 0 aromatic rings. The fraction of sp³-hybridized carbons (Fsp3) is 0.818. The smallest absolute Gasteiger partial charge is 0.318 e. The van der Waals surface area contributed by atoms with Crippen LogP contribution in [0.4, 0.5) is 4.79 Å². The highest BCUT2D eigenvalue weighted by Crippen LogP contribution is 2.41. The molecule has 2 fully saturated rings. The standard InChI is InChI=1S/C11H18N2O4/c1-17-5-4-12-11(16)13-7-2-3-9(13)8(6-7)10(14)15/h7-9H,2-6H2,1H3,(H,12,16)(H,14,15). The number of aliphatic carboxylic acids is 1. The van der Waals surface area contributed by atoms with E-state index in [1.54, 1.807) is 12.0 Å². The average Bonchev–Trinajstić information content (AvgIpc) is 2.86. The second-order valence-corrected chi connectivity index (χ2v) is 4.61. The first-order valence-corrected chi connectivity index (χ1v) is 5.93. The number of methoxy groups -OCH3 is 1. The molecule has 2 N–H and O–H groups in total. The lowest BCUT2D eigenvalue weighted by Gasteiger charge is -2.23. The van der Waals surface area contributed by atoms with Crippen LogP contribution in [0.1, 0.15) is 19.3 Å². The van der Waals surface area contributed by atoms with Gasteiger partial charge in [0.25, 0.3) is 0 Å². The summed E-state index contributed by atoms with van der Waals surface area (Å²) in [4.78, 5) is 24.7. The third-order valence-electron chi connectivity index (χ3n) is 3.67. The Balaban J connectivity index is 1.93. The molecular weight excluding hydrogens is 224 g/mol. The second kappa shape index (κ2) is 4.91. The van der Waals surface area contributed by atoms with Gasteiger partial charge < -0.3 is 20.1 Å². The van der Waals surface area contributed by atoms with Gasteiger partial charge in [-0.05, 0) is 19.3 Å². The van der Waals surface area contributed by atoms with Crippen LogP contribution >= 0.6 is 0 Å². The zero-order chi connectivity index (χ0) is 12.4. The molecule has 6 nitrogen and oxygen atoms in total. The van der Waals surface area contributed by atoms with Gasteiger partial charge in [-0.1, -0.05) is 0 Å². The summed E-state index contributed by atoms with van der Waals surface area (Å²) in [6, 6.07) is -0.179. The van der Waals surface area contributed by atoms with E-state index in [2.05, 4.69) is 5.32 Å². The molecule has 3 unspecified atom stereocenters. The number of hydrogen-bond acceptors (Lipinski definition) is 3. The number of rotatable bonds is 4. The maximum absolute atomic E-state index is 11.9. The Labute approximate surface area is 99.9 Å². The molecular formula is C11H18N2O4. The molecule has 2 aliphatic heterocycles. The molecule has 0 aromatic heterocycles. The number of nitrogens with zero attached hydrogens (tertiary/aromatic N) is 1. The van der Waals surface area contributed by atoms with E-state index in [0.29, 0.717) is 19.6 Å².